The lowest BCUT2D eigenvalue weighted by atomic mass is 9.95. The number of carboxylic acids is 1. The molecule has 1 aromatic rings. The third-order valence-corrected chi connectivity index (χ3v) is 3.34. The monoisotopic (exact) mass is 222 g/mol. The van der Waals surface area contributed by atoms with E-state index in [1.54, 1.807) is 12.1 Å². The Kier molecular flexibility index (Phi) is 2.95. The minimum absolute atomic E-state index is 0.150. The van der Waals surface area contributed by atoms with Crippen LogP contribution in [0.2, 0.25) is 0 Å². The Hall–Kier alpha value is -1.38. The van der Waals surface area contributed by atoms with E-state index in [1.807, 2.05) is 0 Å². The summed E-state index contributed by atoms with van der Waals surface area (Å²) in [4.78, 5) is 10.7. The van der Waals surface area contributed by atoms with Gasteiger partial charge in [0.05, 0.1) is 5.92 Å². The second-order valence-electron chi connectivity index (χ2n) is 4.63. The van der Waals surface area contributed by atoms with Crippen molar-refractivity contribution in [1.29, 1.82) is 0 Å². The highest BCUT2D eigenvalue weighted by Crippen LogP contribution is 2.45. The molecule has 3 unspecified atom stereocenters. The number of hydrogen-bond donors (Lipinski definition) is 1. The zero-order chi connectivity index (χ0) is 11.7. The van der Waals surface area contributed by atoms with Gasteiger partial charge in [0, 0.05) is 0 Å². The van der Waals surface area contributed by atoms with Crippen LogP contribution < -0.4 is 0 Å². The molecule has 0 bridgehead atoms. The normalized spacial score (nSPS) is 25.1. The molecular formula is C13H15FO2. The fourth-order valence-electron chi connectivity index (χ4n) is 2.19. The standard InChI is InChI=1S/C13H15FO2/c1-8(6-10-7-12(10)13(15)16)9-2-4-11(14)5-3-9/h2-5,8,10,12H,6-7H2,1H3,(H,15,16). The summed E-state index contributed by atoms with van der Waals surface area (Å²) in [5.41, 5.74) is 1.08. The van der Waals surface area contributed by atoms with Crippen LogP contribution in [0, 0.1) is 17.7 Å². The first-order valence-corrected chi connectivity index (χ1v) is 5.56. The number of carbonyl (C=O) groups is 1. The molecule has 2 nitrogen and oxygen atoms in total. The van der Waals surface area contributed by atoms with Crippen molar-refractivity contribution >= 4 is 5.97 Å². The van der Waals surface area contributed by atoms with Crippen molar-refractivity contribution in [1.82, 2.24) is 0 Å². The average Bonchev–Trinajstić information content (AvgIpc) is 2.98. The minimum Gasteiger partial charge on any atom is -0.481 e. The summed E-state index contributed by atoms with van der Waals surface area (Å²) in [6.45, 7) is 2.06. The third kappa shape index (κ3) is 2.40. The molecule has 2 rings (SSSR count). The number of hydrogen-bond acceptors (Lipinski definition) is 1. The first kappa shape index (κ1) is 11.1. The van der Waals surface area contributed by atoms with Crippen LogP contribution >= 0.6 is 0 Å². The van der Waals surface area contributed by atoms with E-state index in [-0.39, 0.29) is 11.7 Å². The molecule has 0 saturated heterocycles. The maximum Gasteiger partial charge on any atom is 0.306 e. The van der Waals surface area contributed by atoms with Gasteiger partial charge >= 0.3 is 5.97 Å². The van der Waals surface area contributed by atoms with Crippen LogP contribution in [0.5, 0.6) is 0 Å². The van der Waals surface area contributed by atoms with Crippen molar-refractivity contribution in [3.63, 3.8) is 0 Å². The van der Waals surface area contributed by atoms with E-state index in [4.69, 9.17) is 5.11 Å². The fraction of sp³-hybridized carbons (Fsp3) is 0.462. The van der Waals surface area contributed by atoms with Gasteiger partial charge in [-0.1, -0.05) is 19.1 Å². The molecule has 0 aliphatic heterocycles. The lowest BCUT2D eigenvalue weighted by Gasteiger charge is -2.10. The Balaban J connectivity index is 1.92. The van der Waals surface area contributed by atoms with Gasteiger partial charge in [-0.05, 0) is 42.4 Å². The van der Waals surface area contributed by atoms with Gasteiger partial charge < -0.3 is 5.11 Å². The molecule has 1 saturated carbocycles. The van der Waals surface area contributed by atoms with Crippen LogP contribution in [0.3, 0.4) is 0 Å². The summed E-state index contributed by atoms with van der Waals surface area (Å²) in [5, 5.41) is 8.79. The minimum atomic E-state index is -0.684. The van der Waals surface area contributed by atoms with Crippen LogP contribution in [0.4, 0.5) is 4.39 Å². The molecule has 1 fully saturated rings. The zero-order valence-electron chi connectivity index (χ0n) is 9.19. The number of halogens is 1. The summed E-state index contributed by atoms with van der Waals surface area (Å²) in [5.74, 6) is -0.461. The number of benzene rings is 1. The molecular weight excluding hydrogens is 207 g/mol. The predicted molar refractivity (Wildman–Crippen MR) is 58.7 cm³/mol. The highest BCUT2D eigenvalue weighted by molar-refractivity contribution is 5.73. The Morgan fingerprint density at radius 1 is 1.50 bits per heavy atom. The van der Waals surface area contributed by atoms with E-state index in [9.17, 15) is 9.18 Å². The molecule has 86 valence electrons. The SMILES string of the molecule is CC(CC1CC1C(=O)O)c1ccc(F)cc1. The van der Waals surface area contributed by atoms with E-state index >= 15 is 0 Å². The summed E-state index contributed by atoms with van der Waals surface area (Å²) < 4.78 is 12.7. The fourth-order valence-corrected chi connectivity index (χ4v) is 2.19. The molecule has 3 atom stereocenters. The second kappa shape index (κ2) is 4.24. The predicted octanol–water partition coefficient (Wildman–Crippen LogP) is 3.04. The Bertz CT molecular complexity index is 385. The Morgan fingerprint density at radius 3 is 2.62 bits per heavy atom. The van der Waals surface area contributed by atoms with Crippen LogP contribution in [0.15, 0.2) is 24.3 Å². The van der Waals surface area contributed by atoms with Gasteiger partial charge in [0.1, 0.15) is 5.82 Å². The Morgan fingerprint density at radius 2 is 2.12 bits per heavy atom. The van der Waals surface area contributed by atoms with Gasteiger partial charge in [-0.2, -0.15) is 0 Å². The maximum absolute atomic E-state index is 12.7. The van der Waals surface area contributed by atoms with Crippen LogP contribution in [-0.2, 0) is 4.79 Å². The van der Waals surface area contributed by atoms with Gasteiger partial charge in [-0.15, -0.1) is 0 Å². The lowest BCUT2D eigenvalue weighted by Crippen LogP contribution is -2.02. The largest absolute Gasteiger partial charge is 0.481 e. The lowest BCUT2D eigenvalue weighted by molar-refractivity contribution is -0.138. The van der Waals surface area contributed by atoms with Crippen molar-refractivity contribution in [3.05, 3.63) is 35.6 Å². The third-order valence-electron chi connectivity index (χ3n) is 3.34. The molecule has 1 aromatic carbocycles. The molecule has 1 aliphatic rings. The van der Waals surface area contributed by atoms with Gasteiger partial charge in [0.15, 0.2) is 0 Å². The van der Waals surface area contributed by atoms with Crippen molar-refractivity contribution in [2.24, 2.45) is 11.8 Å². The van der Waals surface area contributed by atoms with E-state index in [0.717, 1.165) is 18.4 Å². The van der Waals surface area contributed by atoms with Gasteiger partial charge in [0.25, 0.3) is 0 Å². The van der Waals surface area contributed by atoms with E-state index in [1.165, 1.54) is 12.1 Å². The first-order chi connectivity index (χ1) is 7.58. The molecule has 16 heavy (non-hydrogen) atoms. The quantitative estimate of drug-likeness (QED) is 0.850. The van der Waals surface area contributed by atoms with E-state index in [0.29, 0.717) is 11.8 Å². The molecule has 1 aliphatic carbocycles. The number of rotatable bonds is 4. The first-order valence-electron chi connectivity index (χ1n) is 5.56. The summed E-state index contributed by atoms with van der Waals surface area (Å²) in [6, 6.07) is 6.46. The molecule has 0 radical (unpaired) electrons. The van der Waals surface area contributed by atoms with Crippen molar-refractivity contribution in [2.75, 3.05) is 0 Å². The van der Waals surface area contributed by atoms with Crippen molar-refractivity contribution in [2.45, 2.75) is 25.7 Å². The zero-order valence-corrected chi connectivity index (χ0v) is 9.19. The van der Waals surface area contributed by atoms with Crippen LogP contribution in [-0.4, -0.2) is 11.1 Å². The van der Waals surface area contributed by atoms with Crippen LogP contribution in [0.25, 0.3) is 0 Å². The highest BCUT2D eigenvalue weighted by atomic mass is 19.1. The van der Waals surface area contributed by atoms with Crippen molar-refractivity contribution < 1.29 is 14.3 Å². The van der Waals surface area contributed by atoms with Crippen molar-refractivity contribution in [3.8, 4) is 0 Å². The topological polar surface area (TPSA) is 37.3 Å². The van der Waals surface area contributed by atoms with E-state index < -0.39 is 5.97 Å². The van der Waals surface area contributed by atoms with Crippen LogP contribution in [0.1, 0.15) is 31.2 Å². The summed E-state index contributed by atoms with van der Waals surface area (Å²) in [7, 11) is 0. The summed E-state index contributed by atoms with van der Waals surface area (Å²) in [6.07, 6.45) is 1.67. The average molecular weight is 222 g/mol. The molecule has 1 N–H and O–H groups in total. The second-order valence-corrected chi connectivity index (χ2v) is 4.63. The van der Waals surface area contributed by atoms with Gasteiger partial charge in [-0.25, -0.2) is 4.39 Å². The number of carboxylic acid groups (broad SMARTS) is 1. The highest BCUT2D eigenvalue weighted by Gasteiger charge is 2.43. The molecule has 0 amide bonds. The molecule has 0 spiro atoms. The maximum atomic E-state index is 12.7. The molecule has 0 aromatic heterocycles. The smallest absolute Gasteiger partial charge is 0.306 e. The van der Waals surface area contributed by atoms with Gasteiger partial charge in [-0.3, -0.25) is 4.79 Å². The van der Waals surface area contributed by atoms with Gasteiger partial charge in [0.2, 0.25) is 0 Å². The number of aliphatic carboxylic acids is 1. The Labute approximate surface area is 94.1 Å². The molecule has 3 heteroatoms. The molecule has 0 heterocycles. The van der Waals surface area contributed by atoms with E-state index in [2.05, 4.69) is 6.92 Å². The summed E-state index contributed by atoms with van der Waals surface area (Å²) >= 11 is 0.